The molecule has 2 aromatic carbocycles. The SMILES string of the molecule is Cc1cccc(Cl)c1Nc1nc2cccc(OCCO)c2n2cncc12. The maximum Gasteiger partial charge on any atom is 0.157 e. The summed E-state index contributed by atoms with van der Waals surface area (Å²) in [6, 6.07) is 11.4. The molecule has 0 aliphatic heterocycles. The van der Waals surface area contributed by atoms with Crippen LogP contribution in [-0.2, 0) is 0 Å². The van der Waals surface area contributed by atoms with E-state index in [1.165, 1.54) is 0 Å². The minimum absolute atomic E-state index is 0.0533. The highest BCUT2D eigenvalue weighted by molar-refractivity contribution is 6.33. The van der Waals surface area contributed by atoms with E-state index in [1.807, 2.05) is 47.7 Å². The summed E-state index contributed by atoms with van der Waals surface area (Å²) in [5.74, 6) is 1.30. The maximum absolute atomic E-state index is 9.05. The monoisotopic (exact) mass is 368 g/mol. The summed E-state index contributed by atoms with van der Waals surface area (Å²) in [6.07, 6.45) is 3.46. The Bertz CT molecular complexity index is 1070. The summed E-state index contributed by atoms with van der Waals surface area (Å²) in [5.41, 5.74) is 4.19. The minimum Gasteiger partial charge on any atom is -0.489 e. The molecular weight excluding hydrogens is 352 g/mol. The number of nitrogens with one attached hydrogen (secondary N) is 1. The molecule has 26 heavy (non-hydrogen) atoms. The molecule has 0 aliphatic carbocycles. The summed E-state index contributed by atoms with van der Waals surface area (Å²) < 4.78 is 7.58. The van der Waals surface area contributed by atoms with E-state index in [0.29, 0.717) is 16.6 Å². The average Bonchev–Trinajstić information content (AvgIpc) is 3.13. The van der Waals surface area contributed by atoms with Crippen molar-refractivity contribution in [2.45, 2.75) is 6.92 Å². The Morgan fingerprint density at radius 1 is 1.23 bits per heavy atom. The molecule has 2 heterocycles. The fourth-order valence-corrected chi connectivity index (χ4v) is 3.21. The van der Waals surface area contributed by atoms with Gasteiger partial charge in [-0.15, -0.1) is 0 Å². The van der Waals surface area contributed by atoms with Gasteiger partial charge in [-0.1, -0.05) is 29.8 Å². The van der Waals surface area contributed by atoms with E-state index in [9.17, 15) is 0 Å². The van der Waals surface area contributed by atoms with Crippen LogP contribution in [0.5, 0.6) is 5.75 Å². The molecule has 6 nitrogen and oxygen atoms in total. The van der Waals surface area contributed by atoms with Crippen molar-refractivity contribution in [2.75, 3.05) is 18.5 Å². The van der Waals surface area contributed by atoms with Gasteiger partial charge >= 0.3 is 0 Å². The number of aliphatic hydroxyl groups excluding tert-OH is 1. The number of hydrogen-bond donors (Lipinski definition) is 2. The lowest BCUT2D eigenvalue weighted by Crippen LogP contribution is -2.05. The lowest BCUT2D eigenvalue weighted by Gasteiger charge is -2.15. The van der Waals surface area contributed by atoms with Crippen LogP contribution in [0.25, 0.3) is 16.6 Å². The molecule has 0 atom stereocenters. The van der Waals surface area contributed by atoms with Crippen molar-refractivity contribution >= 4 is 39.7 Å². The summed E-state index contributed by atoms with van der Waals surface area (Å²) in [5, 5.41) is 13.0. The van der Waals surface area contributed by atoms with Crippen LogP contribution < -0.4 is 10.1 Å². The van der Waals surface area contributed by atoms with Crippen molar-refractivity contribution in [3.8, 4) is 5.75 Å². The summed E-state index contributed by atoms with van der Waals surface area (Å²) in [4.78, 5) is 9.01. The highest BCUT2D eigenvalue weighted by atomic mass is 35.5. The Labute approximate surface area is 155 Å². The molecule has 0 amide bonds. The zero-order valence-corrected chi connectivity index (χ0v) is 14.9. The van der Waals surface area contributed by atoms with Crippen LogP contribution in [0.1, 0.15) is 5.56 Å². The second kappa shape index (κ2) is 6.82. The summed E-state index contributed by atoms with van der Waals surface area (Å²) >= 11 is 6.35. The highest BCUT2D eigenvalue weighted by Gasteiger charge is 2.14. The topological polar surface area (TPSA) is 71.7 Å². The quantitative estimate of drug-likeness (QED) is 0.558. The molecule has 0 spiro atoms. The Kier molecular flexibility index (Phi) is 4.36. The van der Waals surface area contributed by atoms with Crippen LogP contribution in [0.2, 0.25) is 5.02 Å². The van der Waals surface area contributed by atoms with Gasteiger partial charge in [0, 0.05) is 0 Å². The van der Waals surface area contributed by atoms with Crippen LogP contribution in [0.15, 0.2) is 48.9 Å². The first-order valence-electron chi connectivity index (χ1n) is 8.19. The molecule has 0 unspecified atom stereocenters. The number of aryl methyl sites for hydroxylation is 1. The maximum atomic E-state index is 9.05. The van der Waals surface area contributed by atoms with Gasteiger partial charge in [0.15, 0.2) is 5.82 Å². The molecule has 4 rings (SSSR count). The first-order chi connectivity index (χ1) is 12.7. The predicted octanol–water partition coefficient (Wildman–Crippen LogP) is 3.96. The van der Waals surface area contributed by atoms with Gasteiger partial charge in [0.2, 0.25) is 0 Å². The standard InChI is InChI=1S/C19H17ClN4O2/c1-12-4-2-5-13(20)17(12)23-19-15-10-21-11-24(15)18-14(22-19)6-3-7-16(18)26-9-8-25/h2-7,10-11,25H,8-9H2,1H3,(H,22,23). The van der Waals surface area contributed by atoms with Crippen LogP contribution in [-0.4, -0.2) is 32.7 Å². The second-order valence-electron chi connectivity index (χ2n) is 5.86. The number of anilines is 2. The number of aliphatic hydroxyl groups is 1. The molecule has 4 aromatic rings. The average molecular weight is 369 g/mol. The van der Waals surface area contributed by atoms with Gasteiger partial charge in [-0.2, -0.15) is 0 Å². The van der Waals surface area contributed by atoms with Crippen molar-refractivity contribution in [2.24, 2.45) is 0 Å². The molecule has 0 aliphatic rings. The van der Waals surface area contributed by atoms with Crippen LogP contribution in [0.4, 0.5) is 11.5 Å². The van der Waals surface area contributed by atoms with E-state index < -0.39 is 0 Å². The minimum atomic E-state index is -0.0533. The third-order valence-electron chi connectivity index (χ3n) is 4.15. The van der Waals surface area contributed by atoms with Crippen LogP contribution in [0, 0.1) is 6.92 Å². The van der Waals surface area contributed by atoms with Crippen LogP contribution >= 0.6 is 11.6 Å². The molecule has 2 aromatic heterocycles. The van der Waals surface area contributed by atoms with E-state index in [0.717, 1.165) is 27.8 Å². The lowest BCUT2D eigenvalue weighted by molar-refractivity contribution is 0.202. The van der Waals surface area contributed by atoms with Gasteiger partial charge in [0.05, 0.1) is 35.4 Å². The number of nitrogens with zero attached hydrogens (tertiary/aromatic N) is 3. The van der Waals surface area contributed by atoms with Gasteiger partial charge in [-0.25, -0.2) is 9.97 Å². The number of ether oxygens (including phenoxy) is 1. The molecular formula is C19H17ClN4O2. The van der Waals surface area contributed by atoms with Gasteiger partial charge < -0.3 is 15.2 Å². The third-order valence-corrected chi connectivity index (χ3v) is 4.46. The molecule has 0 fully saturated rings. The van der Waals surface area contributed by atoms with Crippen molar-refractivity contribution < 1.29 is 9.84 Å². The number of imidazole rings is 1. The molecule has 2 N–H and O–H groups in total. The van der Waals surface area contributed by atoms with Crippen molar-refractivity contribution in [1.82, 2.24) is 14.4 Å². The fraction of sp³-hybridized carbons (Fsp3) is 0.158. The number of halogens is 1. The van der Waals surface area contributed by atoms with Gasteiger partial charge in [-0.05, 0) is 30.7 Å². The van der Waals surface area contributed by atoms with Crippen molar-refractivity contribution in [3.05, 3.63) is 59.5 Å². The van der Waals surface area contributed by atoms with Crippen molar-refractivity contribution in [1.29, 1.82) is 0 Å². The first kappa shape index (κ1) is 16.6. The zero-order valence-electron chi connectivity index (χ0n) is 14.1. The number of fused-ring (bicyclic) bond motifs is 3. The predicted molar refractivity (Wildman–Crippen MR) is 103 cm³/mol. The summed E-state index contributed by atoms with van der Waals surface area (Å²) in [6.45, 7) is 2.15. The Balaban J connectivity index is 1.90. The molecule has 0 bridgehead atoms. The van der Waals surface area contributed by atoms with E-state index in [2.05, 4.69) is 10.3 Å². The van der Waals surface area contributed by atoms with Gasteiger partial charge in [0.1, 0.15) is 23.4 Å². The largest absolute Gasteiger partial charge is 0.489 e. The highest BCUT2D eigenvalue weighted by Crippen LogP contribution is 2.33. The molecule has 0 saturated carbocycles. The first-order valence-corrected chi connectivity index (χ1v) is 8.57. The van der Waals surface area contributed by atoms with E-state index >= 15 is 0 Å². The summed E-state index contributed by atoms with van der Waals surface area (Å²) in [7, 11) is 0. The smallest absolute Gasteiger partial charge is 0.157 e. The van der Waals surface area contributed by atoms with Crippen LogP contribution in [0.3, 0.4) is 0 Å². The lowest BCUT2D eigenvalue weighted by atomic mass is 10.2. The molecule has 132 valence electrons. The number of hydrogen-bond acceptors (Lipinski definition) is 5. The number of aromatic nitrogens is 3. The number of rotatable bonds is 5. The number of benzene rings is 2. The van der Waals surface area contributed by atoms with Gasteiger partial charge in [0.25, 0.3) is 0 Å². The Morgan fingerprint density at radius 2 is 2.08 bits per heavy atom. The third kappa shape index (κ3) is 2.83. The van der Waals surface area contributed by atoms with E-state index in [1.54, 1.807) is 12.5 Å². The Morgan fingerprint density at radius 3 is 2.88 bits per heavy atom. The second-order valence-corrected chi connectivity index (χ2v) is 6.27. The van der Waals surface area contributed by atoms with E-state index in [4.69, 9.17) is 26.4 Å². The fourth-order valence-electron chi connectivity index (χ4n) is 2.94. The molecule has 0 radical (unpaired) electrons. The normalized spacial score (nSPS) is 11.2. The van der Waals surface area contributed by atoms with Crippen molar-refractivity contribution in [3.63, 3.8) is 0 Å². The zero-order chi connectivity index (χ0) is 18.1. The molecule has 7 heteroatoms. The number of para-hydroxylation sites is 2. The van der Waals surface area contributed by atoms with E-state index in [-0.39, 0.29) is 13.2 Å². The Hall–Kier alpha value is -2.83. The molecule has 0 saturated heterocycles. The van der Waals surface area contributed by atoms with Gasteiger partial charge in [-0.3, -0.25) is 4.40 Å².